The summed E-state index contributed by atoms with van der Waals surface area (Å²) in [5, 5.41) is 5.36. The minimum Gasteiger partial charge on any atom is -0.445 e. The fourth-order valence-electron chi connectivity index (χ4n) is 1.75. The van der Waals surface area contributed by atoms with E-state index in [2.05, 4.69) is 10.6 Å². The van der Waals surface area contributed by atoms with Crippen molar-refractivity contribution in [2.24, 2.45) is 0 Å². The Labute approximate surface area is 137 Å². The van der Waals surface area contributed by atoms with Crippen molar-refractivity contribution >= 4 is 12.2 Å². The Hall–Kier alpha value is -2.24. The van der Waals surface area contributed by atoms with E-state index in [-0.39, 0.29) is 19.2 Å². The van der Waals surface area contributed by atoms with Crippen molar-refractivity contribution < 1.29 is 19.1 Å². The van der Waals surface area contributed by atoms with Gasteiger partial charge >= 0.3 is 12.2 Å². The maximum absolute atomic E-state index is 11.8. The molecule has 0 aromatic heterocycles. The van der Waals surface area contributed by atoms with Crippen LogP contribution in [-0.4, -0.2) is 30.4 Å². The molecule has 0 saturated carbocycles. The average Bonchev–Trinajstić information content (AvgIpc) is 2.48. The zero-order valence-corrected chi connectivity index (χ0v) is 14.2. The predicted octanol–water partition coefficient (Wildman–Crippen LogP) is 3.22. The summed E-state index contributed by atoms with van der Waals surface area (Å²) in [6, 6.07) is 9.22. The number of alkyl carbamates (subject to hydrolysis) is 2. The second kappa shape index (κ2) is 9.02. The Morgan fingerprint density at radius 2 is 1.78 bits per heavy atom. The van der Waals surface area contributed by atoms with Crippen molar-refractivity contribution in [2.45, 2.75) is 52.4 Å². The van der Waals surface area contributed by atoms with Gasteiger partial charge in [0.15, 0.2) is 0 Å². The van der Waals surface area contributed by atoms with Crippen molar-refractivity contribution in [1.29, 1.82) is 0 Å². The molecule has 6 nitrogen and oxygen atoms in total. The van der Waals surface area contributed by atoms with Gasteiger partial charge in [-0.15, -0.1) is 0 Å². The van der Waals surface area contributed by atoms with Crippen molar-refractivity contribution in [2.75, 3.05) is 6.54 Å². The molecule has 0 saturated heterocycles. The van der Waals surface area contributed by atoms with Crippen LogP contribution < -0.4 is 10.6 Å². The highest BCUT2D eigenvalue weighted by Gasteiger charge is 2.18. The maximum Gasteiger partial charge on any atom is 0.407 e. The Balaban J connectivity index is 2.32. The lowest BCUT2D eigenvalue weighted by atomic mass is 10.2. The molecule has 0 aliphatic heterocycles. The van der Waals surface area contributed by atoms with Crippen LogP contribution in [0.5, 0.6) is 0 Å². The van der Waals surface area contributed by atoms with Crippen LogP contribution in [0.15, 0.2) is 30.3 Å². The third-order valence-corrected chi connectivity index (χ3v) is 2.92. The smallest absolute Gasteiger partial charge is 0.407 e. The van der Waals surface area contributed by atoms with Gasteiger partial charge in [-0.05, 0) is 32.8 Å². The number of ether oxygens (including phenoxy) is 2. The van der Waals surface area contributed by atoms with Crippen LogP contribution in [0.25, 0.3) is 0 Å². The Morgan fingerprint density at radius 1 is 1.13 bits per heavy atom. The fraction of sp³-hybridized carbons (Fsp3) is 0.529. The topological polar surface area (TPSA) is 76.7 Å². The molecule has 0 heterocycles. The summed E-state index contributed by atoms with van der Waals surface area (Å²) >= 11 is 0. The lowest BCUT2D eigenvalue weighted by Gasteiger charge is -2.22. The summed E-state index contributed by atoms with van der Waals surface area (Å²) in [4.78, 5) is 23.4. The third-order valence-electron chi connectivity index (χ3n) is 2.92. The van der Waals surface area contributed by atoms with Gasteiger partial charge in [-0.25, -0.2) is 9.59 Å². The third kappa shape index (κ3) is 8.70. The maximum atomic E-state index is 11.8. The van der Waals surface area contributed by atoms with E-state index in [4.69, 9.17) is 9.47 Å². The van der Waals surface area contributed by atoms with Crippen molar-refractivity contribution in [1.82, 2.24) is 10.6 Å². The molecule has 0 fully saturated rings. The largest absolute Gasteiger partial charge is 0.445 e. The van der Waals surface area contributed by atoms with E-state index in [1.807, 2.05) is 37.3 Å². The first-order valence-corrected chi connectivity index (χ1v) is 7.74. The highest BCUT2D eigenvalue weighted by Crippen LogP contribution is 2.06. The minimum atomic E-state index is -0.548. The van der Waals surface area contributed by atoms with E-state index in [9.17, 15) is 9.59 Å². The predicted molar refractivity (Wildman–Crippen MR) is 88.1 cm³/mol. The number of hydrogen-bond acceptors (Lipinski definition) is 4. The standard InChI is InChI=1S/C17H26N2O4/c1-5-14(11-18-15(20)23-17(2,3)4)19-16(21)22-12-13-9-7-6-8-10-13/h6-10,14H,5,11-12H2,1-4H3,(H,18,20)(H,19,21)/t14-/m1/s1. The van der Waals surface area contributed by atoms with Gasteiger partial charge < -0.3 is 20.1 Å². The second-order valence-electron chi connectivity index (χ2n) is 6.19. The lowest BCUT2D eigenvalue weighted by molar-refractivity contribution is 0.0520. The molecule has 2 N–H and O–H groups in total. The molecule has 2 amide bonds. The molecule has 0 spiro atoms. The van der Waals surface area contributed by atoms with E-state index in [1.165, 1.54) is 0 Å². The van der Waals surface area contributed by atoms with Crippen LogP contribution in [0.3, 0.4) is 0 Å². The van der Waals surface area contributed by atoms with Crippen LogP contribution in [-0.2, 0) is 16.1 Å². The first-order valence-electron chi connectivity index (χ1n) is 7.74. The number of benzene rings is 1. The van der Waals surface area contributed by atoms with Gasteiger partial charge in [-0.1, -0.05) is 37.3 Å². The second-order valence-corrected chi connectivity index (χ2v) is 6.19. The van der Waals surface area contributed by atoms with Gasteiger partial charge in [0.05, 0.1) is 0 Å². The summed E-state index contributed by atoms with van der Waals surface area (Å²) < 4.78 is 10.3. The normalized spacial score (nSPS) is 12.2. The zero-order chi connectivity index (χ0) is 17.3. The SMILES string of the molecule is CC[C@H](CNC(=O)OC(C)(C)C)NC(=O)OCc1ccccc1. The molecule has 128 valence electrons. The van der Waals surface area contributed by atoms with E-state index in [0.717, 1.165) is 5.56 Å². The molecular formula is C17H26N2O4. The Kier molecular flexibility index (Phi) is 7.38. The van der Waals surface area contributed by atoms with E-state index in [0.29, 0.717) is 6.42 Å². The number of rotatable bonds is 6. The van der Waals surface area contributed by atoms with Crippen LogP contribution >= 0.6 is 0 Å². The van der Waals surface area contributed by atoms with Gasteiger partial charge in [0.25, 0.3) is 0 Å². The summed E-state index contributed by atoms with van der Waals surface area (Å²) in [5.74, 6) is 0. The molecule has 0 bridgehead atoms. The van der Waals surface area contributed by atoms with Gasteiger partial charge in [0.1, 0.15) is 12.2 Å². The Bertz CT molecular complexity index is 497. The van der Waals surface area contributed by atoms with Crippen molar-refractivity contribution in [3.05, 3.63) is 35.9 Å². The van der Waals surface area contributed by atoms with Crippen LogP contribution in [0, 0.1) is 0 Å². The summed E-state index contributed by atoms with van der Waals surface area (Å²) in [7, 11) is 0. The van der Waals surface area contributed by atoms with Crippen molar-refractivity contribution in [3.63, 3.8) is 0 Å². The van der Waals surface area contributed by atoms with Crippen LogP contribution in [0.4, 0.5) is 9.59 Å². The summed E-state index contributed by atoms with van der Waals surface area (Å²) in [6.07, 6.45) is -0.349. The number of carbonyl (C=O) groups is 2. The molecule has 0 radical (unpaired) electrons. The molecule has 6 heteroatoms. The molecular weight excluding hydrogens is 296 g/mol. The molecule has 23 heavy (non-hydrogen) atoms. The molecule has 1 aromatic rings. The average molecular weight is 322 g/mol. The summed E-state index contributed by atoms with van der Waals surface area (Å²) in [6.45, 7) is 7.79. The van der Waals surface area contributed by atoms with Gasteiger partial charge in [-0.2, -0.15) is 0 Å². The van der Waals surface area contributed by atoms with Gasteiger partial charge in [0.2, 0.25) is 0 Å². The first-order chi connectivity index (χ1) is 10.8. The summed E-state index contributed by atoms with van der Waals surface area (Å²) in [5.41, 5.74) is 0.371. The fourth-order valence-corrected chi connectivity index (χ4v) is 1.75. The van der Waals surface area contributed by atoms with Crippen molar-refractivity contribution in [3.8, 4) is 0 Å². The number of nitrogens with one attached hydrogen (secondary N) is 2. The van der Waals surface area contributed by atoms with Gasteiger partial charge in [-0.3, -0.25) is 0 Å². The van der Waals surface area contributed by atoms with Crippen LogP contribution in [0.2, 0.25) is 0 Å². The first kappa shape index (κ1) is 18.8. The lowest BCUT2D eigenvalue weighted by Crippen LogP contribution is -2.44. The number of amides is 2. The number of hydrogen-bond donors (Lipinski definition) is 2. The molecule has 0 aliphatic carbocycles. The quantitative estimate of drug-likeness (QED) is 0.843. The molecule has 1 rings (SSSR count). The molecule has 1 atom stereocenters. The molecule has 1 aromatic carbocycles. The Morgan fingerprint density at radius 3 is 2.35 bits per heavy atom. The van der Waals surface area contributed by atoms with E-state index < -0.39 is 17.8 Å². The van der Waals surface area contributed by atoms with Gasteiger partial charge in [0, 0.05) is 12.6 Å². The van der Waals surface area contributed by atoms with Crippen LogP contribution in [0.1, 0.15) is 39.7 Å². The highest BCUT2D eigenvalue weighted by molar-refractivity contribution is 5.69. The van der Waals surface area contributed by atoms with E-state index >= 15 is 0 Å². The molecule has 0 unspecified atom stereocenters. The molecule has 0 aliphatic rings. The highest BCUT2D eigenvalue weighted by atomic mass is 16.6. The van der Waals surface area contributed by atoms with E-state index in [1.54, 1.807) is 20.8 Å². The number of carbonyl (C=O) groups excluding carboxylic acids is 2. The minimum absolute atomic E-state index is 0.211. The monoisotopic (exact) mass is 322 g/mol. The zero-order valence-electron chi connectivity index (χ0n) is 14.2.